The number of carbonyl (C=O) groups excluding carboxylic acids is 2. The van der Waals surface area contributed by atoms with Gasteiger partial charge in [0.15, 0.2) is 5.60 Å². The summed E-state index contributed by atoms with van der Waals surface area (Å²) in [5, 5.41) is 2.74. The van der Waals surface area contributed by atoms with Crippen LogP contribution in [0.5, 0.6) is 5.75 Å². The number of nitrogens with one attached hydrogen (secondary N) is 1. The van der Waals surface area contributed by atoms with E-state index < -0.39 is 5.60 Å². The molecular formula is C27H28N2O4. The Morgan fingerprint density at radius 1 is 1.00 bits per heavy atom. The number of amides is 2. The van der Waals surface area contributed by atoms with Crippen molar-refractivity contribution in [3.8, 4) is 16.9 Å². The number of methoxy groups -OCH3 is 1. The third kappa shape index (κ3) is 4.91. The summed E-state index contributed by atoms with van der Waals surface area (Å²) in [6, 6.07) is 25.2. The molecule has 1 saturated heterocycles. The van der Waals surface area contributed by atoms with Gasteiger partial charge in [0.25, 0.3) is 11.8 Å². The summed E-state index contributed by atoms with van der Waals surface area (Å²) in [7, 11) is 3.16. The largest absolute Gasteiger partial charge is 0.497 e. The van der Waals surface area contributed by atoms with Gasteiger partial charge in [0.05, 0.1) is 20.3 Å². The number of likely N-dealkylation sites (N-methyl/N-ethyl adjacent to an activating group) is 1. The molecule has 2 amide bonds. The lowest BCUT2D eigenvalue weighted by Gasteiger charge is -2.41. The summed E-state index contributed by atoms with van der Waals surface area (Å²) in [6.07, 6.45) is 0.356. The maximum Gasteiger partial charge on any atom is 0.254 e. The van der Waals surface area contributed by atoms with Crippen molar-refractivity contribution in [3.05, 3.63) is 90.0 Å². The molecule has 3 aromatic carbocycles. The molecule has 0 bridgehead atoms. The number of ether oxygens (including phenoxy) is 2. The Morgan fingerprint density at radius 2 is 1.76 bits per heavy atom. The number of carbonyl (C=O) groups is 2. The molecule has 1 atom stereocenters. The first-order valence-electron chi connectivity index (χ1n) is 11.0. The molecule has 1 N–H and O–H groups in total. The van der Waals surface area contributed by atoms with E-state index >= 15 is 0 Å². The normalized spacial score (nSPS) is 17.9. The SMILES string of the molecule is CNC(=O)C1(Cc2cccc(-c3ccccc3)c2)CN(C(=O)c2cccc(OC)c2)CCO1. The summed E-state index contributed by atoms with van der Waals surface area (Å²) in [4.78, 5) is 28.0. The number of morpholine rings is 1. The Hall–Kier alpha value is -3.64. The van der Waals surface area contributed by atoms with Crippen LogP contribution in [0.3, 0.4) is 0 Å². The highest BCUT2D eigenvalue weighted by molar-refractivity contribution is 5.95. The average molecular weight is 445 g/mol. The molecule has 33 heavy (non-hydrogen) atoms. The summed E-state index contributed by atoms with van der Waals surface area (Å²) in [5.41, 5.74) is 2.49. The molecule has 1 aliphatic rings. The van der Waals surface area contributed by atoms with Gasteiger partial charge in [0, 0.05) is 25.6 Å². The highest BCUT2D eigenvalue weighted by Crippen LogP contribution is 2.28. The smallest absolute Gasteiger partial charge is 0.254 e. The third-order valence-corrected chi connectivity index (χ3v) is 5.95. The molecule has 0 aromatic heterocycles. The molecule has 1 heterocycles. The van der Waals surface area contributed by atoms with E-state index in [0.717, 1.165) is 16.7 Å². The van der Waals surface area contributed by atoms with Gasteiger partial charge in [-0.15, -0.1) is 0 Å². The monoisotopic (exact) mass is 444 g/mol. The zero-order chi connectivity index (χ0) is 23.3. The second-order valence-electron chi connectivity index (χ2n) is 8.12. The molecule has 0 saturated carbocycles. The summed E-state index contributed by atoms with van der Waals surface area (Å²) >= 11 is 0. The number of rotatable bonds is 6. The lowest BCUT2D eigenvalue weighted by Crippen LogP contribution is -2.61. The third-order valence-electron chi connectivity index (χ3n) is 5.95. The Labute approximate surface area is 194 Å². The van der Waals surface area contributed by atoms with Crippen LogP contribution in [0, 0.1) is 0 Å². The zero-order valence-electron chi connectivity index (χ0n) is 18.9. The molecular weight excluding hydrogens is 416 g/mol. The van der Waals surface area contributed by atoms with Crippen molar-refractivity contribution in [2.24, 2.45) is 0 Å². The van der Waals surface area contributed by atoms with Crippen LogP contribution >= 0.6 is 0 Å². The maximum absolute atomic E-state index is 13.2. The van der Waals surface area contributed by atoms with Crippen LogP contribution in [0.25, 0.3) is 11.1 Å². The van der Waals surface area contributed by atoms with Gasteiger partial charge >= 0.3 is 0 Å². The molecule has 1 unspecified atom stereocenters. The molecule has 0 spiro atoms. The number of nitrogens with zero attached hydrogens (tertiary/aromatic N) is 1. The highest BCUT2D eigenvalue weighted by atomic mass is 16.5. The minimum atomic E-state index is -1.17. The van der Waals surface area contributed by atoms with Gasteiger partial charge in [0.2, 0.25) is 0 Å². The fourth-order valence-electron chi connectivity index (χ4n) is 4.27. The van der Waals surface area contributed by atoms with Crippen LogP contribution in [0.15, 0.2) is 78.9 Å². The van der Waals surface area contributed by atoms with Gasteiger partial charge < -0.3 is 19.7 Å². The number of hydrogen-bond acceptors (Lipinski definition) is 4. The average Bonchev–Trinajstić information content (AvgIpc) is 2.88. The van der Waals surface area contributed by atoms with Crippen molar-refractivity contribution in [2.45, 2.75) is 12.0 Å². The minimum absolute atomic E-state index is 0.150. The molecule has 0 radical (unpaired) electrons. The van der Waals surface area contributed by atoms with Gasteiger partial charge in [-0.2, -0.15) is 0 Å². The van der Waals surface area contributed by atoms with Gasteiger partial charge in [-0.3, -0.25) is 9.59 Å². The van der Waals surface area contributed by atoms with Gasteiger partial charge in [0.1, 0.15) is 5.75 Å². The Morgan fingerprint density at radius 3 is 2.52 bits per heavy atom. The van der Waals surface area contributed by atoms with E-state index in [1.165, 1.54) is 0 Å². The quantitative estimate of drug-likeness (QED) is 0.631. The van der Waals surface area contributed by atoms with E-state index in [2.05, 4.69) is 23.5 Å². The standard InChI is InChI=1S/C27H28N2O4/c1-28-26(31)27(18-20-8-6-11-22(16-20)21-9-4-3-5-10-21)19-29(14-15-33-27)25(30)23-12-7-13-24(17-23)32-2/h3-13,16-17H,14-15,18-19H2,1-2H3,(H,28,31). The van der Waals surface area contributed by atoms with E-state index in [4.69, 9.17) is 9.47 Å². The van der Waals surface area contributed by atoms with E-state index in [1.807, 2.05) is 36.4 Å². The second kappa shape index (κ2) is 9.88. The van der Waals surface area contributed by atoms with Gasteiger partial charge in [-0.05, 0) is 34.9 Å². The van der Waals surface area contributed by atoms with Crippen LogP contribution < -0.4 is 10.1 Å². The van der Waals surface area contributed by atoms with Crippen molar-refractivity contribution < 1.29 is 19.1 Å². The van der Waals surface area contributed by atoms with Crippen molar-refractivity contribution in [2.75, 3.05) is 33.9 Å². The number of hydrogen-bond donors (Lipinski definition) is 1. The first-order chi connectivity index (χ1) is 16.0. The Bertz CT molecular complexity index is 1130. The molecule has 4 rings (SSSR count). The summed E-state index contributed by atoms with van der Waals surface area (Å²) in [5.74, 6) is 0.226. The van der Waals surface area contributed by atoms with E-state index in [0.29, 0.717) is 24.3 Å². The predicted octanol–water partition coefficient (Wildman–Crippen LogP) is 3.56. The highest BCUT2D eigenvalue weighted by Gasteiger charge is 2.44. The molecule has 6 heteroatoms. The topological polar surface area (TPSA) is 67.9 Å². The van der Waals surface area contributed by atoms with Crippen molar-refractivity contribution >= 4 is 11.8 Å². The fraction of sp³-hybridized carbons (Fsp3) is 0.259. The molecule has 6 nitrogen and oxygen atoms in total. The van der Waals surface area contributed by atoms with E-state index in [1.54, 1.807) is 43.3 Å². The minimum Gasteiger partial charge on any atom is -0.497 e. The van der Waals surface area contributed by atoms with E-state index in [-0.39, 0.29) is 25.0 Å². The van der Waals surface area contributed by atoms with Crippen molar-refractivity contribution in [3.63, 3.8) is 0 Å². The lowest BCUT2D eigenvalue weighted by molar-refractivity contribution is -0.156. The lowest BCUT2D eigenvalue weighted by atomic mass is 9.89. The molecule has 1 aliphatic heterocycles. The fourth-order valence-corrected chi connectivity index (χ4v) is 4.27. The van der Waals surface area contributed by atoms with E-state index in [9.17, 15) is 9.59 Å². The zero-order valence-corrected chi connectivity index (χ0v) is 18.9. The first kappa shape index (κ1) is 22.6. The molecule has 3 aromatic rings. The summed E-state index contributed by atoms with van der Waals surface area (Å²) in [6.45, 7) is 0.860. The number of benzene rings is 3. The van der Waals surface area contributed by atoms with Crippen LogP contribution in [0.4, 0.5) is 0 Å². The predicted molar refractivity (Wildman–Crippen MR) is 127 cm³/mol. The van der Waals surface area contributed by atoms with Crippen LogP contribution in [-0.2, 0) is 16.0 Å². The Kier molecular flexibility index (Phi) is 6.75. The van der Waals surface area contributed by atoms with Gasteiger partial charge in [-0.25, -0.2) is 0 Å². The maximum atomic E-state index is 13.2. The van der Waals surface area contributed by atoms with Crippen LogP contribution in [0.2, 0.25) is 0 Å². The molecule has 170 valence electrons. The second-order valence-corrected chi connectivity index (χ2v) is 8.12. The first-order valence-corrected chi connectivity index (χ1v) is 11.0. The van der Waals surface area contributed by atoms with Crippen LogP contribution in [-0.4, -0.2) is 56.2 Å². The van der Waals surface area contributed by atoms with Gasteiger partial charge in [-0.1, -0.05) is 60.7 Å². The Balaban J connectivity index is 1.61. The van der Waals surface area contributed by atoms with Crippen molar-refractivity contribution in [1.29, 1.82) is 0 Å². The summed E-state index contributed by atoms with van der Waals surface area (Å²) < 4.78 is 11.4. The van der Waals surface area contributed by atoms with Crippen molar-refractivity contribution in [1.82, 2.24) is 10.2 Å². The molecule has 1 fully saturated rings. The van der Waals surface area contributed by atoms with Crippen LogP contribution in [0.1, 0.15) is 15.9 Å². The molecule has 0 aliphatic carbocycles.